The number of aromatic nitrogens is 2. The molecule has 1 fully saturated rings. The van der Waals surface area contributed by atoms with Crippen molar-refractivity contribution in [1.82, 2.24) is 9.38 Å². The van der Waals surface area contributed by atoms with Gasteiger partial charge in [0.15, 0.2) is 0 Å². The van der Waals surface area contributed by atoms with E-state index in [2.05, 4.69) is 71.4 Å². The lowest BCUT2D eigenvalue weighted by Crippen LogP contribution is -2.09. The zero-order valence-electron chi connectivity index (χ0n) is 16.0. The van der Waals surface area contributed by atoms with Gasteiger partial charge in [0.2, 0.25) is 0 Å². The third kappa shape index (κ3) is 3.22. The predicted octanol–water partition coefficient (Wildman–Crippen LogP) is 6.66. The Morgan fingerprint density at radius 3 is 2.42 bits per heavy atom. The van der Waals surface area contributed by atoms with E-state index in [9.17, 15) is 0 Å². The number of imidazole rings is 1. The molecule has 3 heteroatoms. The fourth-order valence-corrected chi connectivity index (χ4v) is 4.67. The fraction of sp³-hybridized carbons (Fsp3) is 0.435. The monoisotopic (exact) mass is 410 g/mol. The minimum atomic E-state index is 0.613. The molecular formula is C23H27BrN2. The van der Waals surface area contributed by atoms with Gasteiger partial charge in [-0.1, -0.05) is 49.1 Å². The van der Waals surface area contributed by atoms with Crippen molar-refractivity contribution >= 4 is 21.6 Å². The summed E-state index contributed by atoms with van der Waals surface area (Å²) < 4.78 is 3.59. The first-order chi connectivity index (χ1) is 12.5. The van der Waals surface area contributed by atoms with Crippen LogP contribution in [0, 0.1) is 20.8 Å². The van der Waals surface area contributed by atoms with E-state index in [0.717, 1.165) is 12.1 Å². The lowest BCUT2D eigenvalue weighted by Gasteiger charge is -2.21. The van der Waals surface area contributed by atoms with Gasteiger partial charge in [-0.3, -0.25) is 4.40 Å². The summed E-state index contributed by atoms with van der Waals surface area (Å²) in [6.07, 6.45) is 7.56. The first-order valence-electron chi connectivity index (χ1n) is 9.77. The van der Waals surface area contributed by atoms with Crippen molar-refractivity contribution < 1.29 is 0 Å². The van der Waals surface area contributed by atoms with E-state index in [1.807, 2.05) is 0 Å². The summed E-state index contributed by atoms with van der Waals surface area (Å²) in [6.45, 7) is 6.51. The fourth-order valence-electron chi connectivity index (χ4n) is 4.37. The van der Waals surface area contributed by atoms with E-state index in [1.165, 1.54) is 70.3 Å². The summed E-state index contributed by atoms with van der Waals surface area (Å²) in [4.78, 5) is 5.15. The van der Waals surface area contributed by atoms with E-state index in [-0.39, 0.29) is 0 Å². The Hall–Kier alpha value is -1.61. The summed E-state index contributed by atoms with van der Waals surface area (Å²) >= 11 is 3.79. The van der Waals surface area contributed by atoms with Crippen molar-refractivity contribution in [2.45, 2.75) is 65.2 Å². The van der Waals surface area contributed by atoms with E-state index in [4.69, 9.17) is 4.98 Å². The second-order valence-electron chi connectivity index (χ2n) is 7.86. The van der Waals surface area contributed by atoms with Gasteiger partial charge >= 0.3 is 0 Å². The molecule has 0 amide bonds. The maximum atomic E-state index is 5.15. The third-order valence-electron chi connectivity index (χ3n) is 5.86. The van der Waals surface area contributed by atoms with Gasteiger partial charge < -0.3 is 0 Å². The molecule has 0 unspecified atom stereocenters. The zero-order valence-corrected chi connectivity index (χ0v) is 17.6. The number of benzene rings is 1. The molecule has 2 heterocycles. The van der Waals surface area contributed by atoms with Crippen LogP contribution in [0.2, 0.25) is 0 Å². The number of pyridine rings is 1. The van der Waals surface area contributed by atoms with Crippen molar-refractivity contribution in [1.29, 1.82) is 0 Å². The average Bonchev–Trinajstić information content (AvgIpc) is 3.00. The molecule has 136 valence electrons. The molecule has 26 heavy (non-hydrogen) atoms. The molecule has 0 aliphatic heterocycles. The van der Waals surface area contributed by atoms with Crippen LogP contribution in [0.1, 0.15) is 71.8 Å². The first-order valence-corrected chi connectivity index (χ1v) is 10.6. The molecule has 0 spiro atoms. The lowest BCUT2D eigenvalue weighted by molar-refractivity contribution is 0.436. The van der Waals surface area contributed by atoms with Crippen LogP contribution in [0.25, 0.3) is 5.65 Å². The number of fused-ring (bicyclic) bond motifs is 1. The van der Waals surface area contributed by atoms with Gasteiger partial charge in [0.05, 0.1) is 11.4 Å². The minimum Gasteiger partial charge on any atom is -0.300 e. The Balaban J connectivity index is 1.88. The van der Waals surface area contributed by atoms with Gasteiger partial charge in [0, 0.05) is 22.5 Å². The molecule has 1 saturated carbocycles. The van der Waals surface area contributed by atoms with Crippen LogP contribution in [-0.4, -0.2) is 9.38 Å². The quantitative estimate of drug-likeness (QED) is 0.471. The molecule has 2 nitrogen and oxygen atoms in total. The zero-order chi connectivity index (χ0) is 18.3. The molecular weight excluding hydrogens is 384 g/mol. The van der Waals surface area contributed by atoms with Gasteiger partial charge in [-0.05, 0) is 66.7 Å². The SMILES string of the molecule is Cc1ccc(Cc2c(C3CCCCC3)nc3cc(C)c(Br)c(C)n23)cc1. The van der Waals surface area contributed by atoms with Crippen LogP contribution >= 0.6 is 15.9 Å². The number of hydrogen-bond donors (Lipinski definition) is 0. The normalized spacial score (nSPS) is 15.7. The van der Waals surface area contributed by atoms with E-state index >= 15 is 0 Å². The van der Waals surface area contributed by atoms with Gasteiger partial charge in [0.1, 0.15) is 5.65 Å². The van der Waals surface area contributed by atoms with Crippen LogP contribution in [0.3, 0.4) is 0 Å². The standard InChI is InChI=1S/C23H27BrN2/c1-15-9-11-18(12-10-15)14-20-23(19-7-5-4-6-8-19)25-21-13-16(2)22(24)17(3)26(20)21/h9-13,19H,4-8,14H2,1-3H3. The maximum absolute atomic E-state index is 5.15. The Labute approximate surface area is 164 Å². The number of aryl methyl sites for hydroxylation is 3. The highest BCUT2D eigenvalue weighted by Gasteiger charge is 2.24. The average molecular weight is 411 g/mol. The summed E-state index contributed by atoms with van der Waals surface area (Å²) in [5.41, 5.74) is 9.03. The van der Waals surface area contributed by atoms with Crippen LogP contribution in [0.15, 0.2) is 34.8 Å². The van der Waals surface area contributed by atoms with Gasteiger partial charge in [-0.2, -0.15) is 0 Å². The maximum Gasteiger partial charge on any atom is 0.137 e. The molecule has 0 saturated heterocycles. The molecule has 3 aromatic rings. The van der Waals surface area contributed by atoms with Crippen LogP contribution < -0.4 is 0 Å². The topological polar surface area (TPSA) is 17.3 Å². The third-order valence-corrected chi connectivity index (χ3v) is 7.06. The van der Waals surface area contributed by atoms with Gasteiger partial charge in [-0.25, -0.2) is 4.98 Å². The van der Waals surface area contributed by atoms with Gasteiger partial charge in [0.25, 0.3) is 0 Å². The second-order valence-corrected chi connectivity index (χ2v) is 8.65. The number of rotatable bonds is 3. The minimum absolute atomic E-state index is 0.613. The van der Waals surface area contributed by atoms with Crippen molar-refractivity contribution in [2.24, 2.45) is 0 Å². The summed E-state index contributed by atoms with van der Waals surface area (Å²) in [6, 6.07) is 11.2. The van der Waals surface area contributed by atoms with Crippen molar-refractivity contribution in [3.63, 3.8) is 0 Å². The number of nitrogens with zero attached hydrogens (tertiary/aromatic N) is 2. The van der Waals surface area contributed by atoms with Crippen molar-refractivity contribution in [2.75, 3.05) is 0 Å². The number of hydrogen-bond acceptors (Lipinski definition) is 1. The highest BCUT2D eigenvalue weighted by molar-refractivity contribution is 9.10. The Kier molecular flexibility index (Phi) is 4.92. The highest BCUT2D eigenvalue weighted by Crippen LogP contribution is 2.36. The van der Waals surface area contributed by atoms with E-state index < -0.39 is 0 Å². The smallest absolute Gasteiger partial charge is 0.137 e. The molecule has 0 atom stereocenters. The van der Waals surface area contributed by atoms with E-state index in [1.54, 1.807) is 0 Å². The first kappa shape index (κ1) is 17.8. The number of halogens is 1. The molecule has 2 aromatic heterocycles. The van der Waals surface area contributed by atoms with Crippen LogP contribution in [0.4, 0.5) is 0 Å². The molecule has 1 aliphatic rings. The second kappa shape index (κ2) is 7.19. The summed E-state index contributed by atoms with van der Waals surface area (Å²) in [5.74, 6) is 0.613. The highest BCUT2D eigenvalue weighted by atomic mass is 79.9. The Morgan fingerprint density at radius 2 is 1.73 bits per heavy atom. The van der Waals surface area contributed by atoms with Gasteiger partial charge in [-0.15, -0.1) is 0 Å². The lowest BCUT2D eigenvalue weighted by atomic mass is 9.85. The largest absolute Gasteiger partial charge is 0.300 e. The molecule has 1 aromatic carbocycles. The van der Waals surface area contributed by atoms with Crippen LogP contribution in [0.5, 0.6) is 0 Å². The Morgan fingerprint density at radius 1 is 1.04 bits per heavy atom. The predicted molar refractivity (Wildman–Crippen MR) is 112 cm³/mol. The van der Waals surface area contributed by atoms with Crippen LogP contribution in [-0.2, 0) is 6.42 Å². The van der Waals surface area contributed by atoms with E-state index in [0.29, 0.717) is 5.92 Å². The van der Waals surface area contributed by atoms with Crippen molar-refractivity contribution in [3.8, 4) is 0 Å². The summed E-state index contributed by atoms with van der Waals surface area (Å²) in [7, 11) is 0. The molecule has 0 bridgehead atoms. The molecule has 0 radical (unpaired) electrons. The molecule has 4 rings (SSSR count). The molecule has 1 aliphatic carbocycles. The van der Waals surface area contributed by atoms with Crippen molar-refractivity contribution in [3.05, 3.63) is 68.6 Å². The molecule has 0 N–H and O–H groups in total. The Bertz CT molecular complexity index is 931. The summed E-state index contributed by atoms with van der Waals surface area (Å²) in [5, 5.41) is 0.